The zero-order chi connectivity index (χ0) is 22.4. The van der Waals surface area contributed by atoms with Crippen LogP contribution in [0.25, 0.3) is 0 Å². The number of rotatable bonds is 9. The Morgan fingerprint density at radius 3 is 2.55 bits per heavy atom. The Bertz CT molecular complexity index is 757. The Balaban J connectivity index is 1.70. The van der Waals surface area contributed by atoms with Gasteiger partial charge in [-0.2, -0.15) is 0 Å². The third-order valence-corrected chi connectivity index (χ3v) is 6.52. The van der Waals surface area contributed by atoms with Gasteiger partial charge in [-0.15, -0.1) is 0 Å². The highest BCUT2D eigenvalue weighted by atomic mass is 16.5. The largest absolute Gasteiger partial charge is 0.385 e. The van der Waals surface area contributed by atoms with Gasteiger partial charge in [-0.3, -0.25) is 9.59 Å². The summed E-state index contributed by atoms with van der Waals surface area (Å²) in [5.41, 5.74) is 2.85. The molecule has 2 amide bonds. The number of hydrogen-bond acceptors (Lipinski definition) is 5. The van der Waals surface area contributed by atoms with Gasteiger partial charge < -0.3 is 28.6 Å². The molecule has 8 nitrogen and oxygen atoms in total. The van der Waals surface area contributed by atoms with Crippen LogP contribution < -0.4 is 0 Å². The maximum Gasteiger partial charge on any atom is 0.255 e. The molecule has 3 heterocycles. The van der Waals surface area contributed by atoms with Crippen molar-refractivity contribution in [3.05, 3.63) is 23.0 Å². The first-order valence-electron chi connectivity index (χ1n) is 11.3. The molecule has 0 radical (unpaired) electrons. The Morgan fingerprint density at radius 2 is 1.87 bits per heavy atom. The molecule has 31 heavy (non-hydrogen) atoms. The first-order valence-corrected chi connectivity index (χ1v) is 11.3. The monoisotopic (exact) mass is 435 g/mol. The van der Waals surface area contributed by atoms with Gasteiger partial charge in [-0.1, -0.05) is 0 Å². The Morgan fingerprint density at radius 1 is 1.13 bits per heavy atom. The van der Waals surface area contributed by atoms with Crippen LogP contribution in [-0.2, 0) is 25.5 Å². The van der Waals surface area contributed by atoms with Crippen LogP contribution in [0.1, 0.15) is 47.4 Å². The van der Waals surface area contributed by atoms with Crippen molar-refractivity contribution in [2.45, 2.75) is 58.2 Å². The molecule has 0 N–H and O–H groups in total. The zero-order valence-electron chi connectivity index (χ0n) is 19.4. The second-order valence-electron chi connectivity index (χ2n) is 8.55. The highest BCUT2D eigenvalue weighted by Gasteiger charge is 2.37. The molecule has 1 aromatic heterocycles. The zero-order valence-corrected chi connectivity index (χ0v) is 19.4. The van der Waals surface area contributed by atoms with Crippen molar-refractivity contribution in [2.75, 3.05) is 53.7 Å². The molecule has 174 valence electrons. The highest BCUT2D eigenvalue weighted by Crippen LogP contribution is 2.26. The molecule has 1 unspecified atom stereocenters. The van der Waals surface area contributed by atoms with Crippen LogP contribution in [-0.4, -0.2) is 92.0 Å². The van der Waals surface area contributed by atoms with Gasteiger partial charge >= 0.3 is 0 Å². The number of carbonyl (C=O) groups excluding carboxylic acids is 2. The quantitative estimate of drug-likeness (QED) is 0.555. The van der Waals surface area contributed by atoms with Crippen molar-refractivity contribution in [2.24, 2.45) is 0 Å². The van der Waals surface area contributed by atoms with Crippen LogP contribution in [0.5, 0.6) is 0 Å². The minimum atomic E-state index is 0.00465. The number of methoxy groups -OCH3 is 2. The number of ether oxygens (including phenoxy) is 3. The van der Waals surface area contributed by atoms with Crippen molar-refractivity contribution in [3.8, 4) is 0 Å². The molecule has 0 saturated carbocycles. The van der Waals surface area contributed by atoms with E-state index in [0.29, 0.717) is 32.9 Å². The molecule has 3 rings (SSSR count). The fraction of sp³-hybridized carbons (Fsp3) is 0.739. The highest BCUT2D eigenvalue weighted by molar-refractivity contribution is 5.96. The predicted molar refractivity (Wildman–Crippen MR) is 117 cm³/mol. The average Bonchev–Trinajstić information content (AvgIpc) is 3.35. The summed E-state index contributed by atoms with van der Waals surface area (Å²) in [5.74, 6) is 0.0599. The van der Waals surface area contributed by atoms with Crippen LogP contribution in [0.2, 0.25) is 0 Å². The van der Waals surface area contributed by atoms with E-state index in [-0.39, 0.29) is 30.5 Å². The van der Waals surface area contributed by atoms with E-state index in [1.807, 2.05) is 29.7 Å². The van der Waals surface area contributed by atoms with E-state index in [2.05, 4.69) is 4.57 Å². The summed E-state index contributed by atoms with van der Waals surface area (Å²) in [5, 5.41) is 0. The van der Waals surface area contributed by atoms with Gasteiger partial charge in [0.05, 0.1) is 11.6 Å². The van der Waals surface area contributed by atoms with E-state index < -0.39 is 0 Å². The van der Waals surface area contributed by atoms with Crippen LogP contribution in [0.15, 0.2) is 6.07 Å². The van der Waals surface area contributed by atoms with E-state index in [1.54, 1.807) is 14.2 Å². The lowest BCUT2D eigenvalue weighted by Crippen LogP contribution is -2.51. The van der Waals surface area contributed by atoms with Gasteiger partial charge in [0, 0.05) is 71.1 Å². The lowest BCUT2D eigenvalue weighted by molar-refractivity contribution is -0.142. The van der Waals surface area contributed by atoms with Gasteiger partial charge in [0.15, 0.2) is 0 Å². The third kappa shape index (κ3) is 5.48. The maximum absolute atomic E-state index is 13.3. The van der Waals surface area contributed by atoms with Crippen molar-refractivity contribution in [1.29, 1.82) is 0 Å². The van der Waals surface area contributed by atoms with E-state index in [0.717, 1.165) is 49.2 Å². The normalized spacial score (nSPS) is 19.7. The first-order chi connectivity index (χ1) is 15.0. The summed E-state index contributed by atoms with van der Waals surface area (Å²) in [6.07, 6.45) is 3.38. The molecule has 2 saturated heterocycles. The summed E-state index contributed by atoms with van der Waals surface area (Å²) in [4.78, 5) is 30.1. The minimum Gasteiger partial charge on any atom is -0.385 e. The number of carbonyl (C=O) groups is 2. The molecule has 2 aliphatic rings. The molecule has 1 atom stereocenters. The van der Waals surface area contributed by atoms with Crippen LogP contribution >= 0.6 is 0 Å². The standard InChI is InChI=1S/C23H37N3O5/c1-17-14-21(18(2)25(17)9-5-11-29-3)23(28)24-10-6-20(15-24)26(22(27)16-30-4)19-7-12-31-13-8-19/h14,19-20H,5-13,15-16H2,1-4H3. The maximum atomic E-state index is 13.3. The van der Waals surface area contributed by atoms with E-state index in [9.17, 15) is 9.59 Å². The molecule has 0 aromatic carbocycles. The second kappa shape index (κ2) is 11.1. The number of hydrogen-bond donors (Lipinski definition) is 0. The summed E-state index contributed by atoms with van der Waals surface area (Å²) in [6, 6.07) is 2.17. The summed E-state index contributed by atoms with van der Waals surface area (Å²) in [6.45, 7) is 8.24. The summed E-state index contributed by atoms with van der Waals surface area (Å²) >= 11 is 0. The van der Waals surface area contributed by atoms with E-state index in [1.165, 1.54) is 0 Å². The van der Waals surface area contributed by atoms with Crippen molar-refractivity contribution in [1.82, 2.24) is 14.4 Å². The van der Waals surface area contributed by atoms with E-state index >= 15 is 0 Å². The van der Waals surface area contributed by atoms with Gasteiger partial charge in [0.1, 0.15) is 6.61 Å². The van der Waals surface area contributed by atoms with Gasteiger partial charge in [-0.25, -0.2) is 0 Å². The lowest BCUT2D eigenvalue weighted by atomic mass is 10.0. The van der Waals surface area contributed by atoms with Gasteiger partial charge in [0.25, 0.3) is 5.91 Å². The summed E-state index contributed by atoms with van der Waals surface area (Å²) in [7, 11) is 3.25. The molecule has 0 bridgehead atoms. The van der Waals surface area contributed by atoms with Crippen LogP contribution in [0, 0.1) is 13.8 Å². The minimum absolute atomic E-state index is 0.00465. The fourth-order valence-electron chi connectivity index (χ4n) is 4.92. The first kappa shape index (κ1) is 23.8. The predicted octanol–water partition coefficient (Wildman–Crippen LogP) is 2.01. The Kier molecular flexibility index (Phi) is 8.51. The molecule has 0 aliphatic carbocycles. The third-order valence-electron chi connectivity index (χ3n) is 6.52. The molecule has 0 spiro atoms. The molecular formula is C23H37N3O5. The van der Waals surface area contributed by atoms with Crippen LogP contribution in [0.3, 0.4) is 0 Å². The molecular weight excluding hydrogens is 398 g/mol. The molecule has 1 aromatic rings. The van der Waals surface area contributed by atoms with Gasteiger partial charge in [0.2, 0.25) is 5.91 Å². The fourth-order valence-corrected chi connectivity index (χ4v) is 4.92. The Labute approximate surface area is 185 Å². The van der Waals surface area contributed by atoms with E-state index in [4.69, 9.17) is 14.2 Å². The number of amides is 2. The molecule has 8 heteroatoms. The summed E-state index contributed by atoms with van der Waals surface area (Å²) < 4.78 is 18.0. The topological polar surface area (TPSA) is 73.2 Å². The Hall–Kier alpha value is -1.90. The van der Waals surface area contributed by atoms with Gasteiger partial charge in [-0.05, 0) is 45.6 Å². The second-order valence-corrected chi connectivity index (χ2v) is 8.55. The SMILES string of the molecule is COCCCn1c(C)cc(C(=O)N2CCC(N(C(=O)COC)C3CCOCC3)C2)c1C. The molecule has 2 fully saturated rings. The average molecular weight is 436 g/mol. The van der Waals surface area contributed by atoms with Crippen LogP contribution in [0.4, 0.5) is 0 Å². The van der Waals surface area contributed by atoms with Crippen molar-refractivity contribution >= 4 is 11.8 Å². The van der Waals surface area contributed by atoms with Crippen molar-refractivity contribution in [3.63, 3.8) is 0 Å². The smallest absolute Gasteiger partial charge is 0.255 e. The number of nitrogens with zero attached hydrogens (tertiary/aromatic N) is 3. The number of likely N-dealkylation sites (tertiary alicyclic amines) is 1. The number of aromatic nitrogens is 1. The molecule has 2 aliphatic heterocycles. The van der Waals surface area contributed by atoms with Crippen molar-refractivity contribution < 1.29 is 23.8 Å². The lowest BCUT2D eigenvalue weighted by Gasteiger charge is -2.38. The number of aryl methyl sites for hydroxylation is 1.